The highest BCUT2D eigenvalue weighted by molar-refractivity contribution is 6.29. The summed E-state index contributed by atoms with van der Waals surface area (Å²) in [6, 6.07) is 3.63. The molecule has 2 aromatic heterocycles. The first-order valence-corrected chi connectivity index (χ1v) is 6.43. The summed E-state index contributed by atoms with van der Waals surface area (Å²) in [6.45, 7) is 3.30. The lowest BCUT2D eigenvalue weighted by Gasteiger charge is -2.06. The minimum atomic E-state index is 0.156. The summed E-state index contributed by atoms with van der Waals surface area (Å²) in [6.07, 6.45) is 2.54. The lowest BCUT2D eigenvalue weighted by Crippen LogP contribution is -2.02. The Bertz CT molecular complexity index is 543. The van der Waals surface area contributed by atoms with E-state index in [1.807, 2.05) is 19.2 Å². The molecule has 7 heteroatoms. The van der Waals surface area contributed by atoms with Crippen molar-refractivity contribution >= 4 is 17.3 Å². The van der Waals surface area contributed by atoms with Gasteiger partial charge in [0.05, 0.1) is 24.1 Å². The molecule has 0 aliphatic carbocycles. The number of rotatable bonds is 6. The molecule has 19 heavy (non-hydrogen) atoms. The van der Waals surface area contributed by atoms with Gasteiger partial charge in [-0.05, 0) is 25.5 Å². The van der Waals surface area contributed by atoms with Gasteiger partial charge in [0.1, 0.15) is 10.8 Å². The minimum Gasteiger partial charge on any atom is -0.396 e. The summed E-state index contributed by atoms with van der Waals surface area (Å²) < 4.78 is 1.72. The molecule has 0 saturated carbocycles. The van der Waals surface area contributed by atoms with E-state index in [2.05, 4.69) is 20.6 Å². The van der Waals surface area contributed by atoms with Crippen LogP contribution in [0.3, 0.4) is 0 Å². The van der Waals surface area contributed by atoms with E-state index in [0.717, 1.165) is 17.1 Å². The fourth-order valence-corrected chi connectivity index (χ4v) is 1.85. The average molecular weight is 282 g/mol. The van der Waals surface area contributed by atoms with Crippen LogP contribution in [0.5, 0.6) is 0 Å². The van der Waals surface area contributed by atoms with Crippen LogP contribution in [-0.4, -0.2) is 31.7 Å². The number of aromatic nitrogens is 4. The van der Waals surface area contributed by atoms with E-state index in [-0.39, 0.29) is 6.61 Å². The lowest BCUT2D eigenvalue weighted by molar-refractivity contribution is 0.276. The van der Waals surface area contributed by atoms with Crippen LogP contribution in [0.25, 0.3) is 0 Å². The molecule has 0 amide bonds. The van der Waals surface area contributed by atoms with Crippen molar-refractivity contribution in [3.8, 4) is 0 Å². The van der Waals surface area contributed by atoms with Crippen molar-refractivity contribution in [2.24, 2.45) is 0 Å². The highest BCUT2D eigenvalue weighted by Crippen LogP contribution is 2.16. The maximum absolute atomic E-state index is 8.75. The third-order valence-electron chi connectivity index (χ3n) is 2.64. The fourth-order valence-electron chi connectivity index (χ4n) is 1.66. The molecule has 2 N–H and O–H groups in total. The van der Waals surface area contributed by atoms with Crippen molar-refractivity contribution in [2.75, 3.05) is 11.9 Å². The molecular formula is C12H16ClN5O. The Labute approximate surface area is 116 Å². The molecule has 2 rings (SSSR count). The number of aliphatic hydroxyl groups is 1. The number of hydrogen-bond donors (Lipinski definition) is 2. The molecule has 0 atom stereocenters. The SMILES string of the molecule is Cc1nc(Cl)ccc1NCc1cn(CCCO)nn1. The predicted molar refractivity (Wildman–Crippen MR) is 73.0 cm³/mol. The van der Waals surface area contributed by atoms with Gasteiger partial charge in [-0.2, -0.15) is 0 Å². The Kier molecular flexibility index (Phi) is 4.70. The van der Waals surface area contributed by atoms with Gasteiger partial charge in [-0.1, -0.05) is 16.8 Å². The van der Waals surface area contributed by atoms with Crippen LogP contribution in [0.2, 0.25) is 5.15 Å². The van der Waals surface area contributed by atoms with Crippen LogP contribution < -0.4 is 5.32 Å². The molecular weight excluding hydrogens is 266 g/mol. The molecule has 0 aliphatic heterocycles. The third kappa shape index (κ3) is 3.90. The topological polar surface area (TPSA) is 75.9 Å². The van der Waals surface area contributed by atoms with Crippen molar-refractivity contribution in [3.63, 3.8) is 0 Å². The Morgan fingerprint density at radius 3 is 3.00 bits per heavy atom. The van der Waals surface area contributed by atoms with Gasteiger partial charge in [0.2, 0.25) is 0 Å². The number of nitrogens with zero attached hydrogens (tertiary/aromatic N) is 4. The van der Waals surface area contributed by atoms with Crippen LogP contribution in [0.1, 0.15) is 17.8 Å². The monoisotopic (exact) mass is 281 g/mol. The van der Waals surface area contributed by atoms with Gasteiger partial charge >= 0.3 is 0 Å². The molecule has 0 radical (unpaired) electrons. The number of pyridine rings is 1. The van der Waals surface area contributed by atoms with E-state index in [1.165, 1.54) is 0 Å². The summed E-state index contributed by atoms with van der Waals surface area (Å²) >= 11 is 5.80. The average Bonchev–Trinajstić information content (AvgIpc) is 2.83. The second-order valence-corrected chi connectivity index (χ2v) is 4.56. The molecule has 0 aromatic carbocycles. The van der Waals surface area contributed by atoms with Crippen molar-refractivity contribution in [2.45, 2.75) is 26.4 Å². The molecule has 0 saturated heterocycles. The Balaban J connectivity index is 1.92. The van der Waals surface area contributed by atoms with E-state index in [1.54, 1.807) is 10.7 Å². The van der Waals surface area contributed by atoms with Crippen LogP contribution in [0.4, 0.5) is 5.69 Å². The molecule has 6 nitrogen and oxygen atoms in total. The van der Waals surface area contributed by atoms with Crippen LogP contribution in [-0.2, 0) is 13.1 Å². The normalized spacial score (nSPS) is 10.7. The van der Waals surface area contributed by atoms with Crippen molar-refractivity contribution in [3.05, 3.63) is 34.9 Å². The molecule has 0 fully saturated rings. The van der Waals surface area contributed by atoms with Crippen molar-refractivity contribution < 1.29 is 5.11 Å². The first-order chi connectivity index (χ1) is 9.19. The Hall–Kier alpha value is -1.66. The van der Waals surface area contributed by atoms with Gasteiger partial charge < -0.3 is 10.4 Å². The van der Waals surface area contributed by atoms with Crippen LogP contribution in [0.15, 0.2) is 18.3 Å². The van der Waals surface area contributed by atoms with Gasteiger partial charge in [-0.25, -0.2) is 4.98 Å². The van der Waals surface area contributed by atoms with E-state index < -0.39 is 0 Å². The van der Waals surface area contributed by atoms with E-state index >= 15 is 0 Å². The predicted octanol–water partition coefficient (Wildman–Crippen LogP) is 1.63. The van der Waals surface area contributed by atoms with E-state index in [4.69, 9.17) is 16.7 Å². The first-order valence-electron chi connectivity index (χ1n) is 6.06. The van der Waals surface area contributed by atoms with E-state index in [9.17, 15) is 0 Å². The first kappa shape index (κ1) is 13.8. The maximum atomic E-state index is 8.75. The number of anilines is 1. The summed E-state index contributed by atoms with van der Waals surface area (Å²) in [5.74, 6) is 0. The zero-order valence-electron chi connectivity index (χ0n) is 10.7. The lowest BCUT2D eigenvalue weighted by atomic mass is 10.3. The zero-order chi connectivity index (χ0) is 13.7. The molecule has 102 valence electrons. The van der Waals surface area contributed by atoms with Gasteiger partial charge in [0, 0.05) is 13.2 Å². The number of aryl methyl sites for hydroxylation is 2. The number of nitrogens with one attached hydrogen (secondary N) is 1. The van der Waals surface area contributed by atoms with Gasteiger partial charge in [0.15, 0.2) is 0 Å². The highest BCUT2D eigenvalue weighted by atomic mass is 35.5. The van der Waals surface area contributed by atoms with Crippen LogP contribution >= 0.6 is 11.6 Å². The second-order valence-electron chi connectivity index (χ2n) is 4.17. The molecule has 0 bridgehead atoms. The molecule has 2 aromatic rings. The minimum absolute atomic E-state index is 0.156. The number of halogens is 1. The largest absolute Gasteiger partial charge is 0.396 e. The van der Waals surface area contributed by atoms with Crippen molar-refractivity contribution in [1.29, 1.82) is 0 Å². The maximum Gasteiger partial charge on any atom is 0.129 e. The van der Waals surface area contributed by atoms with Gasteiger partial charge in [-0.3, -0.25) is 4.68 Å². The smallest absolute Gasteiger partial charge is 0.129 e. The summed E-state index contributed by atoms with van der Waals surface area (Å²) in [4.78, 5) is 4.17. The van der Waals surface area contributed by atoms with Gasteiger partial charge in [-0.15, -0.1) is 5.10 Å². The number of aliphatic hydroxyl groups excluding tert-OH is 1. The zero-order valence-corrected chi connectivity index (χ0v) is 11.4. The van der Waals surface area contributed by atoms with Crippen LogP contribution in [0, 0.1) is 6.92 Å². The Morgan fingerprint density at radius 1 is 1.42 bits per heavy atom. The third-order valence-corrected chi connectivity index (χ3v) is 2.85. The quantitative estimate of drug-likeness (QED) is 0.787. The summed E-state index contributed by atoms with van der Waals surface area (Å²) in [5.41, 5.74) is 2.61. The molecule has 0 unspecified atom stereocenters. The molecule has 2 heterocycles. The molecule has 0 aliphatic rings. The second kappa shape index (κ2) is 6.49. The summed E-state index contributed by atoms with van der Waals surface area (Å²) in [7, 11) is 0. The highest BCUT2D eigenvalue weighted by Gasteiger charge is 2.03. The Morgan fingerprint density at radius 2 is 2.26 bits per heavy atom. The van der Waals surface area contributed by atoms with Gasteiger partial charge in [0.25, 0.3) is 0 Å². The summed E-state index contributed by atoms with van der Waals surface area (Å²) in [5, 5.41) is 20.5. The van der Waals surface area contributed by atoms with Crippen molar-refractivity contribution in [1.82, 2.24) is 20.0 Å². The van der Waals surface area contributed by atoms with E-state index in [0.29, 0.717) is 24.7 Å². The fraction of sp³-hybridized carbons (Fsp3) is 0.417. The molecule has 0 spiro atoms. The standard InChI is InChI=1S/C12H16ClN5O/c1-9-11(3-4-12(13)15-9)14-7-10-8-18(17-16-10)5-2-6-19/h3-4,8,14,19H,2,5-7H2,1H3. The number of hydrogen-bond acceptors (Lipinski definition) is 5.